The molecule has 0 saturated heterocycles. The van der Waals surface area contributed by atoms with E-state index in [1.165, 1.54) is 0 Å². The summed E-state index contributed by atoms with van der Waals surface area (Å²) in [6.45, 7) is 2.27. The maximum absolute atomic E-state index is 11.0. The number of halogens is 1. The van der Waals surface area contributed by atoms with E-state index < -0.39 is 0 Å². The van der Waals surface area contributed by atoms with Gasteiger partial charge in [0.05, 0.1) is 12.5 Å². The van der Waals surface area contributed by atoms with E-state index in [9.17, 15) is 4.79 Å². The van der Waals surface area contributed by atoms with Crippen LogP contribution < -0.4 is 0 Å². The molecule has 1 rings (SSSR count). The predicted octanol–water partition coefficient (Wildman–Crippen LogP) is 1.54. The van der Waals surface area contributed by atoms with E-state index in [0.29, 0.717) is 6.61 Å². The topological polar surface area (TPSA) is 26.3 Å². The number of ether oxygens (including phenoxy) is 1. The van der Waals surface area contributed by atoms with Crippen LogP contribution in [0.3, 0.4) is 0 Å². The van der Waals surface area contributed by atoms with E-state index in [1.807, 2.05) is 6.92 Å². The molecule has 0 spiro atoms. The monoisotopic (exact) mass is 216 g/mol. The fourth-order valence-electron chi connectivity index (χ4n) is 0.934. The molecule has 0 aromatic heterocycles. The van der Waals surface area contributed by atoms with E-state index in [4.69, 9.17) is 4.74 Å². The Morgan fingerprint density at radius 3 is 3.09 bits per heavy atom. The van der Waals surface area contributed by atoms with Crippen molar-refractivity contribution in [2.45, 2.75) is 13.3 Å². The van der Waals surface area contributed by atoms with Crippen molar-refractivity contribution in [3.8, 4) is 10.8 Å². The second-order valence-corrected chi connectivity index (χ2v) is 2.84. The van der Waals surface area contributed by atoms with Gasteiger partial charge < -0.3 is 4.74 Å². The fourth-order valence-corrected chi connectivity index (χ4v) is 1.23. The van der Waals surface area contributed by atoms with E-state index in [0.717, 1.165) is 6.42 Å². The highest BCUT2D eigenvalue weighted by atomic mass is 79.9. The number of rotatable bonds is 2. The van der Waals surface area contributed by atoms with E-state index in [-0.39, 0.29) is 17.8 Å². The summed E-state index contributed by atoms with van der Waals surface area (Å²) in [6, 6.07) is 0. The van der Waals surface area contributed by atoms with Crippen molar-refractivity contribution in [3.05, 3.63) is 0 Å². The van der Waals surface area contributed by atoms with Crippen LogP contribution in [-0.4, -0.2) is 12.6 Å². The molecule has 0 heterocycles. The molecule has 0 aromatic carbocycles. The number of hydrogen-bond acceptors (Lipinski definition) is 2. The molecule has 1 aliphatic carbocycles. The summed E-state index contributed by atoms with van der Waals surface area (Å²) >= 11 is 2.99. The SMILES string of the molecule is CCOC(=O)C1CC1C#CBr. The van der Waals surface area contributed by atoms with Crippen LogP contribution in [0.25, 0.3) is 0 Å². The zero-order valence-corrected chi connectivity index (χ0v) is 7.85. The van der Waals surface area contributed by atoms with Crippen molar-refractivity contribution in [1.82, 2.24) is 0 Å². The highest BCUT2D eigenvalue weighted by molar-refractivity contribution is 9.12. The van der Waals surface area contributed by atoms with Gasteiger partial charge in [0.15, 0.2) is 0 Å². The minimum Gasteiger partial charge on any atom is -0.466 e. The van der Waals surface area contributed by atoms with Gasteiger partial charge in [-0.25, -0.2) is 0 Å². The van der Waals surface area contributed by atoms with Gasteiger partial charge >= 0.3 is 5.97 Å². The smallest absolute Gasteiger partial charge is 0.310 e. The van der Waals surface area contributed by atoms with Crippen molar-refractivity contribution < 1.29 is 9.53 Å². The molecule has 11 heavy (non-hydrogen) atoms. The fraction of sp³-hybridized carbons (Fsp3) is 0.625. The highest BCUT2D eigenvalue weighted by Crippen LogP contribution is 2.38. The van der Waals surface area contributed by atoms with Crippen LogP contribution in [0, 0.1) is 22.6 Å². The molecule has 0 aliphatic heterocycles. The van der Waals surface area contributed by atoms with Gasteiger partial charge in [0.1, 0.15) is 0 Å². The number of carbonyl (C=O) groups is 1. The summed E-state index contributed by atoms with van der Waals surface area (Å²) in [5.74, 6) is 3.04. The Kier molecular flexibility index (Phi) is 2.95. The summed E-state index contributed by atoms with van der Waals surface area (Å²) in [4.78, 5) is 13.6. The van der Waals surface area contributed by atoms with Crippen LogP contribution >= 0.6 is 15.9 Å². The molecule has 1 saturated carbocycles. The molecular formula is C8H9BrO2. The summed E-state index contributed by atoms with van der Waals surface area (Å²) < 4.78 is 4.82. The normalized spacial score (nSPS) is 26.7. The molecule has 2 nitrogen and oxygen atoms in total. The van der Waals surface area contributed by atoms with Crippen LogP contribution in [0.4, 0.5) is 0 Å². The Balaban J connectivity index is 2.29. The lowest BCUT2D eigenvalue weighted by molar-refractivity contribution is -0.144. The van der Waals surface area contributed by atoms with Crippen molar-refractivity contribution in [2.75, 3.05) is 6.61 Å². The standard InChI is InChI=1S/C8H9BrO2/c1-2-11-8(10)7-5-6(7)3-4-9/h6-7H,2,5H2,1H3. The zero-order chi connectivity index (χ0) is 8.27. The van der Waals surface area contributed by atoms with Crippen molar-refractivity contribution in [1.29, 1.82) is 0 Å². The Morgan fingerprint density at radius 2 is 2.55 bits per heavy atom. The summed E-state index contributed by atoms with van der Waals surface area (Å²) in [6.07, 6.45) is 0.859. The zero-order valence-electron chi connectivity index (χ0n) is 6.26. The van der Waals surface area contributed by atoms with Crippen LogP contribution in [0.5, 0.6) is 0 Å². The molecule has 3 heteroatoms. The maximum atomic E-state index is 11.0. The van der Waals surface area contributed by atoms with Gasteiger partial charge in [-0.3, -0.25) is 4.79 Å². The lowest BCUT2D eigenvalue weighted by Gasteiger charge is -1.96. The summed E-state index contributed by atoms with van der Waals surface area (Å²) in [5, 5.41) is 0. The maximum Gasteiger partial charge on any atom is 0.310 e. The first kappa shape index (κ1) is 8.61. The largest absolute Gasteiger partial charge is 0.466 e. The molecule has 0 bridgehead atoms. The van der Waals surface area contributed by atoms with Gasteiger partial charge in [-0.1, -0.05) is 5.92 Å². The van der Waals surface area contributed by atoms with Crippen molar-refractivity contribution >= 4 is 21.9 Å². The highest BCUT2D eigenvalue weighted by Gasteiger charge is 2.43. The van der Waals surface area contributed by atoms with Crippen molar-refractivity contribution in [3.63, 3.8) is 0 Å². The summed E-state index contributed by atoms with van der Waals surface area (Å²) in [7, 11) is 0. The number of carbonyl (C=O) groups excluding carboxylic acids is 1. The third kappa shape index (κ3) is 2.23. The first-order valence-electron chi connectivity index (χ1n) is 3.57. The molecule has 60 valence electrons. The molecule has 0 aromatic rings. The Hall–Kier alpha value is -0.490. The third-order valence-corrected chi connectivity index (χ3v) is 1.85. The second kappa shape index (κ2) is 3.77. The Bertz CT molecular complexity index is 214. The molecule has 1 fully saturated rings. The molecule has 2 unspecified atom stereocenters. The lowest BCUT2D eigenvalue weighted by atomic mass is 10.3. The Morgan fingerprint density at radius 1 is 1.82 bits per heavy atom. The van der Waals surface area contributed by atoms with Gasteiger partial charge in [0.25, 0.3) is 0 Å². The van der Waals surface area contributed by atoms with Crippen LogP contribution in [-0.2, 0) is 9.53 Å². The van der Waals surface area contributed by atoms with Crippen LogP contribution in [0.1, 0.15) is 13.3 Å². The lowest BCUT2D eigenvalue weighted by Crippen LogP contribution is -2.06. The predicted molar refractivity (Wildman–Crippen MR) is 44.9 cm³/mol. The Labute approximate surface area is 74.4 Å². The summed E-state index contributed by atoms with van der Waals surface area (Å²) in [5.41, 5.74) is 0. The van der Waals surface area contributed by atoms with E-state index >= 15 is 0 Å². The first-order valence-corrected chi connectivity index (χ1v) is 4.36. The molecule has 0 N–H and O–H groups in total. The van der Waals surface area contributed by atoms with E-state index in [2.05, 4.69) is 26.7 Å². The van der Waals surface area contributed by atoms with Crippen molar-refractivity contribution in [2.24, 2.45) is 11.8 Å². The minimum atomic E-state index is -0.104. The van der Waals surface area contributed by atoms with Crippen LogP contribution in [0.15, 0.2) is 0 Å². The number of hydrogen-bond donors (Lipinski definition) is 0. The average molecular weight is 217 g/mol. The van der Waals surface area contributed by atoms with Gasteiger partial charge in [0, 0.05) is 21.8 Å². The van der Waals surface area contributed by atoms with Gasteiger partial charge in [-0.05, 0) is 18.2 Å². The van der Waals surface area contributed by atoms with E-state index in [1.54, 1.807) is 0 Å². The molecule has 0 amide bonds. The molecular weight excluding hydrogens is 208 g/mol. The molecule has 1 aliphatic rings. The van der Waals surface area contributed by atoms with Gasteiger partial charge in [-0.2, -0.15) is 0 Å². The molecule has 0 radical (unpaired) electrons. The quantitative estimate of drug-likeness (QED) is 0.518. The average Bonchev–Trinajstić information content (AvgIpc) is 2.69. The minimum absolute atomic E-state index is 0.0417. The third-order valence-electron chi connectivity index (χ3n) is 1.62. The number of esters is 1. The van der Waals surface area contributed by atoms with Gasteiger partial charge in [0.2, 0.25) is 0 Å². The molecule has 2 atom stereocenters. The second-order valence-electron chi connectivity index (χ2n) is 2.44. The first-order chi connectivity index (χ1) is 5.29. The van der Waals surface area contributed by atoms with Gasteiger partial charge in [-0.15, -0.1) is 0 Å². The van der Waals surface area contributed by atoms with Crippen LogP contribution in [0.2, 0.25) is 0 Å².